The van der Waals surface area contributed by atoms with E-state index < -0.39 is 6.03 Å². The van der Waals surface area contributed by atoms with Crippen LogP contribution in [0.15, 0.2) is 42.9 Å². The van der Waals surface area contributed by atoms with E-state index in [0.29, 0.717) is 23.9 Å². The van der Waals surface area contributed by atoms with Crippen LogP contribution in [-0.4, -0.2) is 38.3 Å². The first-order valence-corrected chi connectivity index (χ1v) is 10.5. The zero-order chi connectivity index (χ0) is 20.7. The molecule has 3 amide bonds. The zero-order valence-corrected chi connectivity index (χ0v) is 17.1. The Morgan fingerprint density at radius 1 is 1.13 bits per heavy atom. The Labute approximate surface area is 176 Å². The summed E-state index contributed by atoms with van der Waals surface area (Å²) in [5.74, 6) is 1.46. The summed E-state index contributed by atoms with van der Waals surface area (Å²) >= 11 is 1.57. The van der Waals surface area contributed by atoms with Gasteiger partial charge in [-0.3, -0.25) is 20.0 Å². The van der Waals surface area contributed by atoms with Gasteiger partial charge in [0.2, 0.25) is 5.91 Å². The van der Waals surface area contributed by atoms with Crippen molar-refractivity contribution >= 4 is 29.1 Å². The maximum atomic E-state index is 12.4. The van der Waals surface area contributed by atoms with Crippen LogP contribution in [0.4, 0.5) is 10.6 Å². The highest BCUT2D eigenvalue weighted by Gasteiger charge is 2.56. The molecule has 8 nitrogen and oxygen atoms in total. The van der Waals surface area contributed by atoms with Crippen LogP contribution in [0.5, 0.6) is 11.5 Å². The molecule has 1 saturated heterocycles. The number of amides is 3. The highest BCUT2D eigenvalue weighted by atomic mass is 32.1. The average Bonchev–Trinajstić information content (AvgIpc) is 3.30. The number of hydrogen-bond donors (Lipinski definition) is 1. The normalized spacial score (nSPS) is 16.7. The number of aromatic nitrogens is 3. The molecule has 1 spiro atoms. The molecule has 0 bridgehead atoms. The predicted molar refractivity (Wildman–Crippen MR) is 111 cm³/mol. The second-order valence-electron chi connectivity index (χ2n) is 7.52. The van der Waals surface area contributed by atoms with Gasteiger partial charge in [0, 0.05) is 25.0 Å². The highest BCUT2D eigenvalue weighted by molar-refractivity contribution is 7.15. The maximum absolute atomic E-state index is 12.4. The molecule has 1 aliphatic heterocycles. The van der Waals surface area contributed by atoms with Crippen LogP contribution in [0.2, 0.25) is 0 Å². The van der Waals surface area contributed by atoms with Gasteiger partial charge in [-0.25, -0.2) is 14.8 Å². The van der Waals surface area contributed by atoms with E-state index in [4.69, 9.17) is 4.74 Å². The van der Waals surface area contributed by atoms with Gasteiger partial charge in [-0.15, -0.1) is 11.3 Å². The molecule has 5 rings (SSSR count). The fraction of sp³-hybridized carbons (Fsp3) is 0.286. The van der Waals surface area contributed by atoms with Gasteiger partial charge >= 0.3 is 6.03 Å². The Bertz CT molecular complexity index is 1120. The first kappa shape index (κ1) is 18.7. The fourth-order valence-corrected chi connectivity index (χ4v) is 4.29. The van der Waals surface area contributed by atoms with E-state index >= 15 is 0 Å². The van der Waals surface area contributed by atoms with Crippen molar-refractivity contribution in [3.05, 3.63) is 47.9 Å². The number of ether oxygens (including phenoxy) is 1. The summed E-state index contributed by atoms with van der Waals surface area (Å²) in [6, 6.07) is 6.54. The number of pyridine rings is 2. The van der Waals surface area contributed by atoms with Crippen molar-refractivity contribution in [2.24, 2.45) is 5.41 Å². The summed E-state index contributed by atoms with van der Waals surface area (Å²) < 4.78 is 5.86. The molecule has 2 aliphatic rings. The van der Waals surface area contributed by atoms with Crippen LogP contribution in [0.25, 0.3) is 10.6 Å². The number of urea groups is 1. The monoisotopic (exact) mass is 421 g/mol. The van der Waals surface area contributed by atoms with Crippen LogP contribution >= 0.6 is 11.3 Å². The van der Waals surface area contributed by atoms with Gasteiger partial charge in [0.15, 0.2) is 0 Å². The van der Waals surface area contributed by atoms with Crippen molar-refractivity contribution in [3.63, 3.8) is 0 Å². The van der Waals surface area contributed by atoms with Gasteiger partial charge in [-0.1, -0.05) is 0 Å². The number of nitrogens with zero attached hydrogens (tertiary/aromatic N) is 4. The van der Waals surface area contributed by atoms with E-state index in [2.05, 4.69) is 20.3 Å². The average molecular weight is 421 g/mol. The molecule has 0 atom stereocenters. The Balaban J connectivity index is 1.23. The van der Waals surface area contributed by atoms with E-state index in [1.54, 1.807) is 41.9 Å². The minimum Gasteiger partial charge on any atom is -0.456 e. The van der Waals surface area contributed by atoms with Gasteiger partial charge in [0.05, 0.1) is 27.2 Å². The Morgan fingerprint density at radius 2 is 2.00 bits per heavy atom. The van der Waals surface area contributed by atoms with Crippen LogP contribution in [0.1, 0.15) is 24.3 Å². The molecule has 0 radical (unpaired) electrons. The summed E-state index contributed by atoms with van der Waals surface area (Å²) in [5, 5.41) is 3.66. The number of anilines is 1. The topological polar surface area (TPSA) is 97.3 Å². The molecular weight excluding hydrogens is 402 g/mol. The largest absolute Gasteiger partial charge is 0.456 e. The first-order valence-electron chi connectivity index (χ1n) is 9.68. The van der Waals surface area contributed by atoms with E-state index in [-0.39, 0.29) is 11.3 Å². The van der Waals surface area contributed by atoms with Gasteiger partial charge in [0.1, 0.15) is 17.3 Å². The summed E-state index contributed by atoms with van der Waals surface area (Å²) in [5.41, 5.74) is 0.530. The molecule has 3 aromatic heterocycles. The minimum absolute atomic E-state index is 0.0652. The number of aryl methyl sites for hydroxylation is 1. The van der Waals surface area contributed by atoms with Gasteiger partial charge in [-0.05, 0) is 44.4 Å². The summed E-state index contributed by atoms with van der Waals surface area (Å²) in [7, 11) is 0. The number of rotatable bonds is 4. The minimum atomic E-state index is -0.427. The Kier molecular flexibility index (Phi) is 4.47. The van der Waals surface area contributed by atoms with Crippen LogP contribution in [0, 0.1) is 12.3 Å². The standard InChI is InChI=1S/C21H19N5O3S/c1-13-23-12-17(30-13)16-10-14(4-8-22-16)29-15-2-3-18(24-11-15)25-20(28)26-9-7-21(5-6-21)19(26)27/h2-4,8,10-12H,5-7,9H2,1H3,(H,24,25,28). The molecule has 9 heteroatoms. The maximum Gasteiger partial charge on any atom is 0.329 e. The summed E-state index contributed by atoms with van der Waals surface area (Å²) in [6.07, 6.45) is 7.54. The summed E-state index contributed by atoms with van der Waals surface area (Å²) in [6.45, 7) is 2.42. The number of carbonyl (C=O) groups excluding carboxylic acids is 2. The van der Waals surface area contributed by atoms with Gasteiger partial charge < -0.3 is 4.74 Å². The fourth-order valence-electron chi connectivity index (χ4n) is 3.55. The molecule has 4 heterocycles. The van der Waals surface area contributed by atoms with Crippen molar-refractivity contribution in [2.75, 3.05) is 11.9 Å². The van der Waals surface area contributed by atoms with Gasteiger partial charge in [-0.2, -0.15) is 0 Å². The van der Waals surface area contributed by atoms with Crippen molar-refractivity contribution < 1.29 is 14.3 Å². The molecular formula is C21H19N5O3S. The van der Waals surface area contributed by atoms with Crippen molar-refractivity contribution in [2.45, 2.75) is 26.2 Å². The molecule has 1 N–H and O–H groups in total. The quantitative estimate of drug-likeness (QED) is 0.677. The van der Waals surface area contributed by atoms with Crippen molar-refractivity contribution in [1.82, 2.24) is 19.9 Å². The van der Waals surface area contributed by atoms with Crippen LogP contribution in [-0.2, 0) is 4.79 Å². The number of likely N-dealkylation sites (tertiary alicyclic amines) is 1. The predicted octanol–water partition coefficient (Wildman–Crippen LogP) is 4.25. The Hall–Kier alpha value is -3.33. The Morgan fingerprint density at radius 3 is 2.67 bits per heavy atom. The SMILES string of the molecule is Cc1ncc(-c2cc(Oc3ccc(NC(=O)N4CCC5(CC5)C4=O)nc3)ccn2)s1. The first-order chi connectivity index (χ1) is 14.5. The van der Waals surface area contributed by atoms with E-state index in [0.717, 1.165) is 34.8 Å². The third kappa shape index (κ3) is 3.52. The lowest BCUT2D eigenvalue weighted by Crippen LogP contribution is -2.37. The number of carbonyl (C=O) groups is 2. The van der Waals surface area contributed by atoms with Crippen LogP contribution < -0.4 is 10.1 Å². The molecule has 0 aromatic carbocycles. The molecule has 1 aliphatic carbocycles. The molecule has 0 unspecified atom stereocenters. The third-order valence-corrected chi connectivity index (χ3v) is 6.36. The molecule has 2 fully saturated rings. The third-order valence-electron chi connectivity index (χ3n) is 5.42. The molecule has 3 aromatic rings. The molecule has 30 heavy (non-hydrogen) atoms. The number of imide groups is 1. The lowest BCUT2D eigenvalue weighted by atomic mass is 10.1. The zero-order valence-electron chi connectivity index (χ0n) is 16.3. The smallest absolute Gasteiger partial charge is 0.329 e. The lowest BCUT2D eigenvalue weighted by molar-refractivity contribution is -0.129. The second kappa shape index (κ2) is 7.17. The molecule has 1 saturated carbocycles. The van der Waals surface area contributed by atoms with Gasteiger partial charge in [0.25, 0.3) is 0 Å². The van der Waals surface area contributed by atoms with E-state index in [9.17, 15) is 9.59 Å². The van der Waals surface area contributed by atoms with E-state index in [1.807, 2.05) is 13.0 Å². The highest BCUT2D eigenvalue weighted by Crippen LogP contribution is 2.53. The number of thiazole rings is 1. The van der Waals surface area contributed by atoms with Crippen molar-refractivity contribution in [3.8, 4) is 22.1 Å². The number of nitrogens with one attached hydrogen (secondary N) is 1. The summed E-state index contributed by atoms with van der Waals surface area (Å²) in [4.78, 5) is 39.8. The number of hydrogen-bond acceptors (Lipinski definition) is 7. The van der Waals surface area contributed by atoms with E-state index in [1.165, 1.54) is 11.1 Å². The molecule has 152 valence electrons. The lowest BCUT2D eigenvalue weighted by Gasteiger charge is -2.15. The second-order valence-corrected chi connectivity index (χ2v) is 8.75. The van der Waals surface area contributed by atoms with Crippen LogP contribution in [0.3, 0.4) is 0 Å². The van der Waals surface area contributed by atoms with Crippen molar-refractivity contribution in [1.29, 1.82) is 0 Å².